The number of rotatable bonds is 8. The lowest BCUT2D eigenvalue weighted by Gasteiger charge is -2.22. The van der Waals surface area contributed by atoms with Crippen LogP contribution in [0.3, 0.4) is 0 Å². The van der Waals surface area contributed by atoms with Crippen molar-refractivity contribution in [2.24, 2.45) is 0 Å². The monoisotopic (exact) mass is 290 g/mol. The van der Waals surface area contributed by atoms with E-state index in [0.29, 0.717) is 5.92 Å². The van der Waals surface area contributed by atoms with E-state index in [-0.39, 0.29) is 0 Å². The number of aromatic nitrogens is 1. The second-order valence-corrected chi connectivity index (χ2v) is 6.79. The number of likely N-dealkylation sites (N-methyl/N-ethyl adjacent to an activating group) is 2. The molecule has 2 rings (SSSR count). The summed E-state index contributed by atoms with van der Waals surface area (Å²) in [7, 11) is 6.35. The number of hydrogen-bond donors (Lipinski definition) is 1. The third kappa shape index (κ3) is 5.29. The summed E-state index contributed by atoms with van der Waals surface area (Å²) < 4.78 is 0. The molecule has 0 aliphatic heterocycles. The Balaban J connectivity index is 2.09. The summed E-state index contributed by atoms with van der Waals surface area (Å²) >= 11 is 0. The molecule has 0 bridgehead atoms. The molecule has 1 aromatic rings. The fourth-order valence-electron chi connectivity index (χ4n) is 2.20. The van der Waals surface area contributed by atoms with Gasteiger partial charge in [0.1, 0.15) is 5.82 Å². The number of nitrogens with one attached hydrogen (secondary N) is 1. The average molecular weight is 290 g/mol. The van der Waals surface area contributed by atoms with Crippen LogP contribution in [0.1, 0.15) is 43.9 Å². The van der Waals surface area contributed by atoms with Crippen molar-refractivity contribution in [1.29, 1.82) is 0 Å². The van der Waals surface area contributed by atoms with Crippen molar-refractivity contribution in [2.45, 2.75) is 45.2 Å². The molecule has 1 fully saturated rings. The molecular weight excluding hydrogens is 260 g/mol. The molecule has 1 heterocycles. The lowest BCUT2D eigenvalue weighted by atomic mass is 10.1. The van der Waals surface area contributed by atoms with E-state index in [1.807, 2.05) is 0 Å². The molecule has 0 radical (unpaired) electrons. The van der Waals surface area contributed by atoms with Crippen molar-refractivity contribution < 1.29 is 0 Å². The number of anilines is 1. The minimum absolute atomic E-state index is 0.465. The summed E-state index contributed by atoms with van der Waals surface area (Å²) in [6, 6.07) is 5.23. The molecule has 1 saturated carbocycles. The normalized spacial score (nSPS) is 15.0. The highest BCUT2D eigenvalue weighted by Gasteiger charge is 2.20. The highest BCUT2D eigenvalue weighted by atomic mass is 15.2. The van der Waals surface area contributed by atoms with Crippen molar-refractivity contribution in [3.63, 3.8) is 0 Å². The van der Waals surface area contributed by atoms with E-state index in [2.05, 4.69) is 62.2 Å². The quantitative estimate of drug-likeness (QED) is 0.797. The Kier molecular flexibility index (Phi) is 5.59. The zero-order valence-electron chi connectivity index (χ0n) is 14.2. The predicted molar refractivity (Wildman–Crippen MR) is 90.0 cm³/mol. The van der Waals surface area contributed by atoms with Crippen molar-refractivity contribution in [3.05, 3.63) is 23.4 Å². The van der Waals surface area contributed by atoms with E-state index in [4.69, 9.17) is 4.98 Å². The van der Waals surface area contributed by atoms with Gasteiger partial charge in [0.15, 0.2) is 0 Å². The Hall–Kier alpha value is -1.13. The van der Waals surface area contributed by atoms with Crippen molar-refractivity contribution in [3.8, 4) is 0 Å². The van der Waals surface area contributed by atoms with Gasteiger partial charge in [0.25, 0.3) is 0 Å². The average Bonchev–Trinajstić information content (AvgIpc) is 3.26. The van der Waals surface area contributed by atoms with Crippen molar-refractivity contribution in [2.75, 3.05) is 39.1 Å². The molecule has 1 aliphatic rings. The molecule has 0 aromatic carbocycles. The van der Waals surface area contributed by atoms with Crippen molar-refractivity contribution in [1.82, 2.24) is 15.2 Å². The maximum absolute atomic E-state index is 4.83. The largest absolute Gasteiger partial charge is 0.358 e. The first-order valence-corrected chi connectivity index (χ1v) is 8.06. The summed E-state index contributed by atoms with van der Waals surface area (Å²) in [4.78, 5) is 9.30. The summed E-state index contributed by atoms with van der Waals surface area (Å²) in [5, 5.41) is 3.60. The van der Waals surface area contributed by atoms with Gasteiger partial charge < -0.3 is 15.1 Å². The third-order valence-corrected chi connectivity index (χ3v) is 3.93. The molecule has 0 spiro atoms. The maximum atomic E-state index is 4.83. The second kappa shape index (κ2) is 7.23. The Morgan fingerprint density at radius 1 is 1.19 bits per heavy atom. The molecule has 1 aromatic heterocycles. The van der Waals surface area contributed by atoms with E-state index in [9.17, 15) is 0 Å². The van der Waals surface area contributed by atoms with Crippen LogP contribution in [0.2, 0.25) is 0 Å². The van der Waals surface area contributed by atoms with E-state index in [0.717, 1.165) is 31.5 Å². The van der Waals surface area contributed by atoms with Gasteiger partial charge in [-0.3, -0.25) is 0 Å². The SMILES string of the molecule is CC(C)c1cc(CNC2CC2)cc(N(C)CCN(C)C)n1. The smallest absolute Gasteiger partial charge is 0.128 e. The standard InChI is InChI=1S/C17H30N4/c1-13(2)16-10-14(12-18-15-6-7-15)11-17(19-16)21(5)9-8-20(3)4/h10-11,13,15,18H,6-9,12H2,1-5H3. The molecular formula is C17H30N4. The topological polar surface area (TPSA) is 31.4 Å². The van der Waals surface area contributed by atoms with Crippen LogP contribution >= 0.6 is 0 Å². The van der Waals surface area contributed by atoms with Gasteiger partial charge in [0.2, 0.25) is 0 Å². The van der Waals surface area contributed by atoms with Gasteiger partial charge in [-0.05, 0) is 50.6 Å². The van der Waals surface area contributed by atoms with Gasteiger partial charge in [-0.25, -0.2) is 4.98 Å². The zero-order valence-corrected chi connectivity index (χ0v) is 14.2. The fourth-order valence-corrected chi connectivity index (χ4v) is 2.20. The van der Waals surface area contributed by atoms with E-state index in [1.165, 1.54) is 24.1 Å². The Bertz CT molecular complexity index is 452. The maximum Gasteiger partial charge on any atom is 0.128 e. The van der Waals surface area contributed by atoms with Crippen LogP contribution in [0.25, 0.3) is 0 Å². The Morgan fingerprint density at radius 3 is 2.48 bits per heavy atom. The first-order chi connectivity index (χ1) is 9.95. The van der Waals surface area contributed by atoms with Crippen LogP contribution in [0, 0.1) is 0 Å². The fraction of sp³-hybridized carbons (Fsp3) is 0.706. The number of hydrogen-bond acceptors (Lipinski definition) is 4. The minimum atomic E-state index is 0.465. The van der Waals surface area contributed by atoms with E-state index >= 15 is 0 Å². The van der Waals surface area contributed by atoms with Gasteiger partial charge in [-0.2, -0.15) is 0 Å². The lowest BCUT2D eigenvalue weighted by molar-refractivity contribution is 0.416. The third-order valence-electron chi connectivity index (χ3n) is 3.93. The van der Waals surface area contributed by atoms with Crippen LogP contribution in [-0.2, 0) is 6.54 Å². The molecule has 4 nitrogen and oxygen atoms in total. The number of pyridine rings is 1. The van der Waals surface area contributed by atoms with Crippen LogP contribution < -0.4 is 10.2 Å². The van der Waals surface area contributed by atoms with Gasteiger partial charge in [0, 0.05) is 38.4 Å². The Labute approximate surface area is 129 Å². The van der Waals surface area contributed by atoms with Gasteiger partial charge in [0.05, 0.1) is 0 Å². The molecule has 0 unspecified atom stereocenters. The van der Waals surface area contributed by atoms with Crippen LogP contribution in [0.5, 0.6) is 0 Å². The van der Waals surface area contributed by atoms with Crippen LogP contribution in [0.15, 0.2) is 12.1 Å². The second-order valence-electron chi connectivity index (χ2n) is 6.79. The van der Waals surface area contributed by atoms with Gasteiger partial charge >= 0.3 is 0 Å². The predicted octanol–water partition coefficient (Wildman–Crippen LogP) is 2.45. The summed E-state index contributed by atoms with van der Waals surface area (Å²) in [6.45, 7) is 7.42. The molecule has 1 aliphatic carbocycles. The first-order valence-electron chi connectivity index (χ1n) is 8.06. The lowest BCUT2D eigenvalue weighted by Crippen LogP contribution is -2.29. The highest BCUT2D eigenvalue weighted by Crippen LogP contribution is 2.22. The number of nitrogens with zero attached hydrogens (tertiary/aromatic N) is 3. The Morgan fingerprint density at radius 2 is 1.90 bits per heavy atom. The molecule has 4 heteroatoms. The molecule has 21 heavy (non-hydrogen) atoms. The van der Waals surface area contributed by atoms with E-state index in [1.54, 1.807) is 0 Å². The molecule has 118 valence electrons. The molecule has 0 atom stereocenters. The molecule has 1 N–H and O–H groups in total. The summed E-state index contributed by atoms with van der Waals surface area (Å²) in [6.07, 6.45) is 2.66. The van der Waals surface area contributed by atoms with E-state index < -0.39 is 0 Å². The van der Waals surface area contributed by atoms with Crippen LogP contribution in [-0.4, -0.2) is 50.2 Å². The zero-order chi connectivity index (χ0) is 15.4. The van der Waals surface area contributed by atoms with Gasteiger partial charge in [-0.15, -0.1) is 0 Å². The van der Waals surface area contributed by atoms with Gasteiger partial charge in [-0.1, -0.05) is 13.8 Å². The highest BCUT2D eigenvalue weighted by molar-refractivity contribution is 5.42. The van der Waals surface area contributed by atoms with Crippen LogP contribution in [0.4, 0.5) is 5.82 Å². The molecule has 0 amide bonds. The first kappa shape index (κ1) is 16.2. The minimum Gasteiger partial charge on any atom is -0.358 e. The molecule has 0 saturated heterocycles. The van der Waals surface area contributed by atoms with Crippen molar-refractivity contribution >= 4 is 5.82 Å². The summed E-state index contributed by atoms with van der Waals surface area (Å²) in [5.41, 5.74) is 2.55. The summed E-state index contributed by atoms with van der Waals surface area (Å²) in [5.74, 6) is 1.56.